The average Bonchev–Trinajstić information content (AvgIpc) is 2.71. The largest absolute Gasteiger partial charge is 0.394 e. The Morgan fingerprint density at radius 1 is 1.25 bits per heavy atom. The second kappa shape index (κ2) is 6.88. The van der Waals surface area contributed by atoms with E-state index >= 15 is 0 Å². The molecule has 0 saturated heterocycles. The maximum Gasteiger partial charge on any atom is 0.0894 e. The van der Waals surface area contributed by atoms with Crippen molar-refractivity contribution in [2.24, 2.45) is 0 Å². The number of benzene rings is 1. The van der Waals surface area contributed by atoms with E-state index in [-0.39, 0.29) is 6.61 Å². The summed E-state index contributed by atoms with van der Waals surface area (Å²) in [5, 5.41) is 22.5. The minimum absolute atomic E-state index is 0.187. The van der Waals surface area contributed by atoms with Gasteiger partial charge in [0.05, 0.1) is 12.7 Å². The Balaban J connectivity index is 1.95. The number of aliphatic hydroxyl groups excluding tert-OH is 2. The predicted molar refractivity (Wildman–Crippen MR) is 82.0 cm³/mol. The molecule has 1 aromatic carbocycles. The van der Waals surface area contributed by atoms with Gasteiger partial charge in [-0.3, -0.25) is 0 Å². The number of nitrogens with zero attached hydrogens (tertiary/aromatic N) is 1. The van der Waals surface area contributed by atoms with Crippen LogP contribution in [0.1, 0.15) is 17.7 Å². The Kier molecular flexibility index (Phi) is 5.17. The van der Waals surface area contributed by atoms with Gasteiger partial charge in [0.2, 0.25) is 0 Å². The summed E-state index contributed by atoms with van der Waals surface area (Å²) in [7, 11) is 0. The molecule has 4 nitrogen and oxygen atoms in total. The van der Waals surface area contributed by atoms with Gasteiger partial charge in [-0.1, -0.05) is 18.2 Å². The molecule has 0 spiro atoms. The first-order chi connectivity index (χ1) is 9.65. The molecule has 0 saturated carbocycles. The molecule has 1 atom stereocenters. The first-order valence-electron chi connectivity index (χ1n) is 7.19. The highest BCUT2D eigenvalue weighted by Crippen LogP contribution is 2.24. The van der Waals surface area contributed by atoms with Gasteiger partial charge in [0.1, 0.15) is 0 Å². The summed E-state index contributed by atoms with van der Waals surface area (Å²) in [5.41, 5.74) is 3.96. The Morgan fingerprint density at radius 2 is 2.00 bits per heavy atom. The Morgan fingerprint density at radius 3 is 2.75 bits per heavy atom. The van der Waals surface area contributed by atoms with Crippen LogP contribution in [0.15, 0.2) is 24.3 Å². The number of aromatic nitrogens is 1. The second-order valence-corrected chi connectivity index (χ2v) is 5.27. The number of hydrogen-bond acceptors (Lipinski definition) is 3. The normalized spacial score (nSPS) is 13.0. The molecule has 0 aliphatic carbocycles. The maximum atomic E-state index is 9.25. The van der Waals surface area contributed by atoms with E-state index in [4.69, 9.17) is 5.11 Å². The molecule has 1 aromatic heterocycles. The van der Waals surface area contributed by atoms with Gasteiger partial charge >= 0.3 is 0 Å². The summed E-state index contributed by atoms with van der Waals surface area (Å²) >= 11 is 0. The Hall–Kier alpha value is -1.36. The molecule has 0 aliphatic rings. The van der Waals surface area contributed by atoms with Crippen molar-refractivity contribution in [1.82, 2.24) is 9.88 Å². The third-order valence-electron chi connectivity index (χ3n) is 3.87. The van der Waals surface area contributed by atoms with Crippen LogP contribution in [0.4, 0.5) is 0 Å². The quantitative estimate of drug-likeness (QED) is 0.673. The highest BCUT2D eigenvalue weighted by molar-refractivity contribution is 5.85. The van der Waals surface area contributed by atoms with Gasteiger partial charge in [-0.15, -0.1) is 0 Å². The molecule has 0 fully saturated rings. The maximum absolute atomic E-state index is 9.25. The fraction of sp³-hybridized carbons (Fsp3) is 0.500. The van der Waals surface area contributed by atoms with Crippen molar-refractivity contribution < 1.29 is 10.2 Å². The number of hydrogen-bond donors (Lipinski definition) is 3. The van der Waals surface area contributed by atoms with E-state index in [2.05, 4.69) is 48.0 Å². The molecule has 110 valence electrons. The van der Waals surface area contributed by atoms with Gasteiger partial charge in [-0.2, -0.15) is 0 Å². The highest BCUT2D eigenvalue weighted by atomic mass is 16.3. The lowest BCUT2D eigenvalue weighted by Gasteiger charge is -2.11. The van der Waals surface area contributed by atoms with Gasteiger partial charge in [-0.25, -0.2) is 0 Å². The van der Waals surface area contributed by atoms with Crippen LogP contribution in [-0.4, -0.2) is 40.6 Å². The van der Waals surface area contributed by atoms with Crippen LogP contribution in [0.3, 0.4) is 0 Å². The molecule has 0 bridgehead atoms. The monoisotopic (exact) mass is 276 g/mol. The third-order valence-corrected chi connectivity index (χ3v) is 3.87. The van der Waals surface area contributed by atoms with E-state index in [1.54, 1.807) is 0 Å². The van der Waals surface area contributed by atoms with Gasteiger partial charge in [-0.05, 0) is 38.4 Å². The smallest absolute Gasteiger partial charge is 0.0894 e. The van der Waals surface area contributed by atoms with Crippen molar-refractivity contribution in [3.63, 3.8) is 0 Å². The molecule has 2 rings (SSSR count). The SMILES string of the molecule is Cc1c(C)n(CCCNC[C@H](O)CO)c2ccccc12. The number of rotatable bonds is 7. The highest BCUT2D eigenvalue weighted by Gasteiger charge is 2.09. The van der Waals surface area contributed by atoms with Crippen LogP contribution in [0.25, 0.3) is 10.9 Å². The number of nitrogens with one attached hydrogen (secondary N) is 1. The van der Waals surface area contributed by atoms with Crippen LogP contribution in [-0.2, 0) is 6.54 Å². The molecule has 1 heterocycles. The second-order valence-electron chi connectivity index (χ2n) is 5.27. The Labute approximate surface area is 120 Å². The molecular weight excluding hydrogens is 252 g/mol. The van der Waals surface area contributed by atoms with Crippen molar-refractivity contribution in [3.8, 4) is 0 Å². The molecule has 4 heteroatoms. The van der Waals surface area contributed by atoms with Crippen LogP contribution < -0.4 is 5.32 Å². The summed E-state index contributed by atoms with van der Waals surface area (Å²) in [6.45, 7) is 6.39. The molecule has 0 amide bonds. The summed E-state index contributed by atoms with van der Waals surface area (Å²) in [4.78, 5) is 0. The van der Waals surface area contributed by atoms with E-state index in [0.29, 0.717) is 6.54 Å². The fourth-order valence-corrected chi connectivity index (χ4v) is 2.59. The molecule has 2 aromatic rings. The number of fused-ring (bicyclic) bond motifs is 1. The van der Waals surface area contributed by atoms with Crippen LogP contribution >= 0.6 is 0 Å². The van der Waals surface area contributed by atoms with Crippen molar-refractivity contribution in [2.45, 2.75) is 32.9 Å². The lowest BCUT2D eigenvalue weighted by Crippen LogP contribution is -2.30. The standard InChI is InChI=1S/C16H24N2O2/c1-12-13(2)18(16-7-4-3-6-15(12)16)9-5-8-17-10-14(20)11-19/h3-4,6-7,14,17,19-20H,5,8-11H2,1-2H3/t14-/m0/s1. The average molecular weight is 276 g/mol. The lowest BCUT2D eigenvalue weighted by molar-refractivity contribution is 0.0945. The summed E-state index contributed by atoms with van der Waals surface area (Å²) < 4.78 is 2.36. The van der Waals surface area contributed by atoms with E-state index in [1.165, 1.54) is 22.2 Å². The number of para-hydroxylation sites is 1. The zero-order valence-corrected chi connectivity index (χ0v) is 12.3. The zero-order chi connectivity index (χ0) is 14.5. The van der Waals surface area contributed by atoms with E-state index in [0.717, 1.165) is 19.5 Å². The molecule has 0 radical (unpaired) electrons. The Bertz CT molecular complexity index is 563. The molecule has 0 aliphatic heterocycles. The minimum Gasteiger partial charge on any atom is -0.394 e. The van der Waals surface area contributed by atoms with E-state index < -0.39 is 6.10 Å². The van der Waals surface area contributed by atoms with Gasteiger partial charge in [0.25, 0.3) is 0 Å². The van der Waals surface area contributed by atoms with Crippen molar-refractivity contribution in [2.75, 3.05) is 19.7 Å². The van der Waals surface area contributed by atoms with Crippen LogP contribution in [0.2, 0.25) is 0 Å². The molecule has 3 N–H and O–H groups in total. The summed E-state index contributed by atoms with van der Waals surface area (Å²) in [5.74, 6) is 0. The molecular formula is C16H24N2O2. The van der Waals surface area contributed by atoms with E-state index in [1.807, 2.05) is 0 Å². The minimum atomic E-state index is -0.661. The topological polar surface area (TPSA) is 57.4 Å². The first-order valence-corrected chi connectivity index (χ1v) is 7.19. The van der Waals surface area contributed by atoms with Gasteiger partial charge in [0, 0.05) is 29.7 Å². The lowest BCUT2D eigenvalue weighted by atomic mass is 10.2. The summed E-state index contributed by atoms with van der Waals surface area (Å²) in [6, 6.07) is 8.49. The van der Waals surface area contributed by atoms with Crippen LogP contribution in [0.5, 0.6) is 0 Å². The zero-order valence-electron chi connectivity index (χ0n) is 12.3. The predicted octanol–water partition coefficient (Wildman–Crippen LogP) is 1.59. The third kappa shape index (κ3) is 3.20. The molecule has 0 unspecified atom stereocenters. The van der Waals surface area contributed by atoms with Crippen molar-refractivity contribution in [1.29, 1.82) is 0 Å². The number of aliphatic hydroxyl groups is 2. The van der Waals surface area contributed by atoms with Crippen LogP contribution in [0, 0.1) is 13.8 Å². The van der Waals surface area contributed by atoms with Gasteiger partial charge in [0.15, 0.2) is 0 Å². The summed E-state index contributed by atoms with van der Waals surface area (Å²) in [6.07, 6.45) is 0.336. The first kappa shape index (κ1) is 15.0. The van der Waals surface area contributed by atoms with Crippen molar-refractivity contribution in [3.05, 3.63) is 35.5 Å². The number of aryl methyl sites for hydroxylation is 2. The van der Waals surface area contributed by atoms with E-state index in [9.17, 15) is 5.11 Å². The fourth-order valence-electron chi connectivity index (χ4n) is 2.59. The van der Waals surface area contributed by atoms with Crippen molar-refractivity contribution >= 4 is 10.9 Å². The molecule has 20 heavy (non-hydrogen) atoms. The van der Waals surface area contributed by atoms with Gasteiger partial charge < -0.3 is 20.1 Å².